The highest BCUT2D eigenvalue weighted by molar-refractivity contribution is 5.95. The van der Waals surface area contributed by atoms with Gasteiger partial charge in [0.2, 0.25) is 0 Å². The van der Waals surface area contributed by atoms with Crippen LogP contribution in [0.5, 0.6) is 0 Å². The van der Waals surface area contributed by atoms with Gasteiger partial charge in [0.15, 0.2) is 5.92 Å². The monoisotopic (exact) mass is 587 g/mol. The maximum Gasteiger partial charge on any atom is 0.322 e. The summed E-state index contributed by atoms with van der Waals surface area (Å²) in [5, 5.41) is 3.31. The third-order valence-electron chi connectivity index (χ3n) is 5.03. The number of likely N-dealkylation sites (N-methyl/N-ethyl adjacent to an activating group) is 1. The molecule has 0 heterocycles. The van der Waals surface area contributed by atoms with Crippen LogP contribution in [0.3, 0.4) is 0 Å². The van der Waals surface area contributed by atoms with Crippen LogP contribution in [0.25, 0.3) is 0 Å². The highest BCUT2D eigenvalue weighted by Crippen LogP contribution is 2.18. The summed E-state index contributed by atoms with van der Waals surface area (Å²) in [7, 11) is 0. The summed E-state index contributed by atoms with van der Waals surface area (Å²) in [6.07, 6.45) is 0. The highest BCUT2D eigenvalue weighted by Gasteiger charge is 2.37. The molecule has 0 aliphatic rings. The first-order valence-corrected chi connectivity index (χ1v) is 14.5. The zero-order valence-electron chi connectivity index (χ0n) is 27.9. The summed E-state index contributed by atoms with van der Waals surface area (Å²) in [6.45, 7) is 25.8. The Hall–Kier alpha value is -2.24. The molecular formula is C30H57N3O8. The maximum atomic E-state index is 13.1. The van der Waals surface area contributed by atoms with Crippen LogP contribution in [0.15, 0.2) is 0 Å². The number of hydrogen-bond donors (Lipinski definition) is 1. The number of nitrogens with zero attached hydrogens (tertiary/aromatic N) is 2. The Morgan fingerprint density at radius 2 is 0.927 bits per heavy atom. The molecule has 0 aromatic rings. The van der Waals surface area contributed by atoms with Crippen molar-refractivity contribution in [1.29, 1.82) is 0 Å². The van der Waals surface area contributed by atoms with E-state index in [-0.39, 0.29) is 25.6 Å². The summed E-state index contributed by atoms with van der Waals surface area (Å²) >= 11 is 0. The van der Waals surface area contributed by atoms with Gasteiger partial charge in [0.1, 0.15) is 22.4 Å². The number of esters is 4. The van der Waals surface area contributed by atoms with E-state index >= 15 is 0 Å². The van der Waals surface area contributed by atoms with Crippen LogP contribution in [-0.2, 0) is 38.1 Å². The zero-order chi connectivity index (χ0) is 32.2. The minimum atomic E-state index is -1.25. The summed E-state index contributed by atoms with van der Waals surface area (Å²) < 4.78 is 22.0. The predicted molar refractivity (Wildman–Crippen MR) is 158 cm³/mol. The number of rotatable bonds is 15. The lowest BCUT2D eigenvalue weighted by Gasteiger charge is -2.30. The molecule has 0 radical (unpaired) electrons. The molecule has 0 atom stereocenters. The van der Waals surface area contributed by atoms with Crippen molar-refractivity contribution in [2.45, 2.75) is 112 Å². The molecule has 0 fully saturated rings. The first kappa shape index (κ1) is 38.8. The number of nitrogens with one attached hydrogen (secondary N) is 1. The summed E-state index contributed by atoms with van der Waals surface area (Å²) in [5.74, 6) is -3.43. The molecule has 240 valence electrons. The van der Waals surface area contributed by atoms with E-state index < -0.39 is 46.2 Å². The van der Waals surface area contributed by atoms with E-state index in [2.05, 4.69) is 5.32 Å². The first-order valence-electron chi connectivity index (χ1n) is 14.5. The van der Waals surface area contributed by atoms with Crippen molar-refractivity contribution in [3.8, 4) is 0 Å². The third-order valence-corrected chi connectivity index (χ3v) is 5.03. The SMILES string of the molecule is CCN(CCNCCN(CC(=O)OC(C)(C)C)CC(C(=O)OC(C)(C)C)C(=O)OC(C)(C)C)CC(=O)OC(C)(C)C. The van der Waals surface area contributed by atoms with Gasteiger partial charge in [0.25, 0.3) is 0 Å². The standard InChI is InChI=1S/C30H57N3O8/c1-14-32(20-23(34)38-27(2,3)4)17-15-31-16-18-33(21-24(35)39-28(5,6)7)19-22(25(36)40-29(8,9)10)26(37)41-30(11,12)13/h22,31H,14-21H2,1-13H3. The van der Waals surface area contributed by atoms with Gasteiger partial charge in [-0.05, 0) is 89.6 Å². The average molecular weight is 588 g/mol. The second-order valence-electron chi connectivity index (χ2n) is 14.1. The van der Waals surface area contributed by atoms with E-state index in [0.29, 0.717) is 32.7 Å². The molecule has 0 saturated carbocycles. The number of carbonyl (C=O) groups excluding carboxylic acids is 4. The quantitative estimate of drug-likeness (QED) is 0.131. The summed E-state index contributed by atoms with van der Waals surface area (Å²) in [5.41, 5.74) is -2.84. The molecule has 0 aliphatic carbocycles. The molecule has 11 nitrogen and oxygen atoms in total. The van der Waals surface area contributed by atoms with Crippen LogP contribution in [0, 0.1) is 5.92 Å². The number of ether oxygens (including phenoxy) is 4. The van der Waals surface area contributed by atoms with Crippen LogP contribution < -0.4 is 5.32 Å². The Bertz CT molecular complexity index is 820. The molecular weight excluding hydrogens is 530 g/mol. The Kier molecular flexibility index (Phi) is 15.5. The van der Waals surface area contributed by atoms with Gasteiger partial charge in [-0.2, -0.15) is 0 Å². The topological polar surface area (TPSA) is 124 Å². The normalized spacial score (nSPS) is 13.0. The van der Waals surface area contributed by atoms with Crippen molar-refractivity contribution in [2.24, 2.45) is 5.92 Å². The Morgan fingerprint density at radius 3 is 1.27 bits per heavy atom. The van der Waals surface area contributed by atoms with Gasteiger partial charge in [-0.3, -0.25) is 29.0 Å². The molecule has 0 bridgehead atoms. The lowest BCUT2D eigenvalue weighted by Crippen LogP contribution is -2.47. The molecule has 41 heavy (non-hydrogen) atoms. The maximum absolute atomic E-state index is 13.1. The predicted octanol–water partition coefficient (Wildman–Crippen LogP) is 3.18. The molecule has 0 saturated heterocycles. The largest absolute Gasteiger partial charge is 0.459 e. The fraction of sp³-hybridized carbons (Fsp3) is 0.867. The van der Waals surface area contributed by atoms with Crippen LogP contribution in [0.4, 0.5) is 0 Å². The summed E-state index contributed by atoms with van der Waals surface area (Å²) in [4.78, 5) is 54.7. The molecule has 0 rings (SSSR count). The third kappa shape index (κ3) is 21.2. The fourth-order valence-electron chi connectivity index (χ4n) is 3.55. The molecule has 0 amide bonds. The van der Waals surface area contributed by atoms with Crippen LogP contribution >= 0.6 is 0 Å². The average Bonchev–Trinajstić information content (AvgIpc) is 2.70. The number of hydrogen-bond acceptors (Lipinski definition) is 11. The molecule has 11 heteroatoms. The van der Waals surface area contributed by atoms with Gasteiger partial charge in [0.05, 0.1) is 13.1 Å². The van der Waals surface area contributed by atoms with Crippen LogP contribution in [0.1, 0.15) is 90.0 Å². The molecule has 0 aromatic carbocycles. The first-order chi connectivity index (χ1) is 18.4. The van der Waals surface area contributed by atoms with Crippen LogP contribution in [-0.4, -0.2) is 108 Å². The van der Waals surface area contributed by atoms with Crippen molar-refractivity contribution < 1.29 is 38.1 Å². The highest BCUT2D eigenvalue weighted by atomic mass is 16.6. The van der Waals surface area contributed by atoms with Gasteiger partial charge in [-0.25, -0.2) is 0 Å². The van der Waals surface area contributed by atoms with Gasteiger partial charge < -0.3 is 24.3 Å². The Balaban J connectivity index is 5.47. The fourth-order valence-corrected chi connectivity index (χ4v) is 3.55. The van der Waals surface area contributed by atoms with Crippen LogP contribution in [0.2, 0.25) is 0 Å². The Labute approximate surface area is 247 Å². The van der Waals surface area contributed by atoms with Gasteiger partial charge in [0, 0.05) is 32.7 Å². The minimum absolute atomic E-state index is 0.0789. The van der Waals surface area contributed by atoms with E-state index in [4.69, 9.17) is 18.9 Å². The van der Waals surface area contributed by atoms with E-state index in [1.54, 1.807) is 67.2 Å². The molecule has 0 aliphatic heterocycles. The molecule has 0 aromatic heterocycles. The summed E-state index contributed by atoms with van der Waals surface area (Å²) in [6, 6.07) is 0. The van der Waals surface area contributed by atoms with E-state index in [9.17, 15) is 19.2 Å². The van der Waals surface area contributed by atoms with E-state index in [0.717, 1.165) is 0 Å². The minimum Gasteiger partial charge on any atom is -0.459 e. The van der Waals surface area contributed by atoms with Crippen molar-refractivity contribution in [3.63, 3.8) is 0 Å². The smallest absolute Gasteiger partial charge is 0.322 e. The van der Waals surface area contributed by atoms with Gasteiger partial charge >= 0.3 is 23.9 Å². The van der Waals surface area contributed by atoms with Gasteiger partial charge in [-0.15, -0.1) is 0 Å². The molecule has 1 N–H and O–H groups in total. The molecule has 0 spiro atoms. The second kappa shape index (κ2) is 16.4. The van der Waals surface area contributed by atoms with E-state index in [1.165, 1.54) is 0 Å². The van der Waals surface area contributed by atoms with Crippen molar-refractivity contribution in [3.05, 3.63) is 0 Å². The van der Waals surface area contributed by atoms with Gasteiger partial charge in [-0.1, -0.05) is 6.92 Å². The second-order valence-corrected chi connectivity index (χ2v) is 14.1. The Morgan fingerprint density at radius 1 is 0.585 bits per heavy atom. The van der Waals surface area contributed by atoms with E-state index in [1.807, 2.05) is 32.6 Å². The zero-order valence-corrected chi connectivity index (χ0v) is 27.9. The number of carbonyl (C=O) groups is 4. The lowest BCUT2D eigenvalue weighted by atomic mass is 10.1. The lowest BCUT2D eigenvalue weighted by molar-refractivity contribution is -0.176. The van der Waals surface area contributed by atoms with Crippen molar-refractivity contribution in [2.75, 3.05) is 52.4 Å². The van der Waals surface area contributed by atoms with Crippen molar-refractivity contribution >= 4 is 23.9 Å². The van der Waals surface area contributed by atoms with Crippen molar-refractivity contribution in [1.82, 2.24) is 15.1 Å². The molecule has 0 unspecified atom stereocenters.